The maximum Gasteiger partial charge on any atom is 0.526 e. The summed E-state index contributed by atoms with van der Waals surface area (Å²) in [6.45, 7) is 5.73. The second kappa shape index (κ2) is 5.05. The van der Waals surface area contributed by atoms with Gasteiger partial charge >= 0.3 is 12.1 Å². The number of hydrogen-bond donors (Lipinski definition) is 0. The maximum absolute atomic E-state index is 13.8. The second-order valence-electron chi connectivity index (χ2n) is 4.48. The Kier molecular flexibility index (Phi) is 4.21. The van der Waals surface area contributed by atoms with Crippen molar-refractivity contribution < 1.29 is 26.7 Å². The molecule has 0 heterocycles. The molecule has 0 atom stereocenters. The Hall–Kier alpha value is -1.21. The number of alkyl halides is 5. The van der Waals surface area contributed by atoms with E-state index in [9.17, 15) is 22.0 Å². The van der Waals surface area contributed by atoms with E-state index in [0.717, 1.165) is 13.1 Å². The quantitative estimate of drug-likeness (QED) is 0.604. The first-order valence-corrected chi connectivity index (χ1v) is 8.38. The van der Waals surface area contributed by atoms with Gasteiger partial charge in [0.1, 0.15) is 0 Å². The molecule has 1 aromatic rings. The first-order chi connectivity index (χ1) is 8.51. The molecule has 0 aliphatic heterocycles. The van der Waals surface area contributed by atoms with Gasteiger partial charge < -0.3 is 0 Å². The van der Waals surface area contributed by atoms with Crippen molar-refractivity contribution in [2.45, 2.75) is 25.2 Å². The first-order valence-electron chi connectivity index (χ1n) is 5.38. The fourth-order valence-corrected chi connectivity index (χ4v) is 3.78. The Balaban J connectivity index is 3.25. The van der Waals surface area contributed by atoms with Gasteiger partial charge in [-0.3, -0.25) is 0 Å². The van der Waals surface area contributed by atoms with Gasteiger partial charge in [-0.1, -0.05) is 50.0 Å². The highest BCUT2D eigenvalue weighted by Gasteiger charge is 2.57. The predicted octanol–water partition coefficient (Wildman–Crippen LogP) is 3.91. The number of rotatable bonds is 4. The zero-order chi connectivity index (χ0) is 14.9. The van der Waals surface area contributed by atoms with Crippen LogP contribution in [0.1, 0.15) is 5.56 Å². The number of halogens is 5. The molecule has 1 rings (SSSR count). The lowest BCUT2D eigenvalue weighted by atomic mass is 10.2. The highest BCUT2D eigenvalue weighted by Crippen LogP contribution is 2.35. The van der Waals surface area contributed by atoms with E-state index >= 15 is 0 Å². The largest absolute Gasteiger partial charge is 0.526 e. The molecule has 1 nitrogen and oxygen atoms in total. The van der Waals surface area contributed by atoms with Gasteiger partial charge in [0, 0.05) is 0 Å². The zero-order valence-corrected chi connectivity index (χ0v) is 11.4. The van der Waals surface area contributed by atoms with Gasteiger partial charge in [0.2, 0.25) is 8.07 Å². The zero-order valence-electron chi connectivity index (χ0n) is 10.4. The van der Waals surface area contributed by atoms with Crippen molar-refractivity contribution in [1.29, 1.82) is 0 Å². The molecule has 0 fully saturated rings. The van der Waals surface area contributed by atoms with E-state index in [4.69, 9.17) is 0 Å². The molecule has 7 heteroatoms. The van der Waals surface area contributed by atoms with Crippen LogP contribution in [0.15, 0.2) is 30.8 Å². The van der Waals surface area contributed by atoms with E-state index < -0.39 is 20.2 Å². The molecule has 106 valence electrons. The van der Waals surface area contributed by atoms with Gasteiger partial charge in [0.25, 0.3) is 0 Å². The van der Waals surface area contributed by atoms with Crippen LogP contribution >= 0.6 is 0 Å². The fraction of sp³-hybridized carbons (Fsp3) is 0.333. The van der Waals surface area contributed by atoms with Crippen LogP contribution in [0.2, 0.25) is 13.1 Å². The standard InChI is InChI=1S/C12H13F5OSi/c1-4-9-7-5-6-8-10(9)19(2,3)12(16,17)18-11(13,14)15/h4-8H,1H2,2-3H3. The van der Waals surface area contributed by atoms with Crippen LogP contribution in [0.25, 0.3) is 6.08 Å². The Morgan fingerprint density at radius 1 is 1.11 bits per heavy atom. The molecular weight excluding hydrogens is 283 g/mol. The summed E-state index contributed by atoms with van der Waals surface area (Å²) >= 11 is 0. The molecule has 0 bridgehead atoms. The van der Waals surface area contributed by atoms with E-state index in [1.165, 1.54) is 24.3 Å². The normalized spacial score (nSPS) is 13.4. The van der Waals surface area contributed by atoms with E-state index in [1.807, 2.05) is 0 Å². The molecule has 19 heavy (non-hydrogen) atoms. The summed E-state index contributed by atoms with van der Waals surface area (Å²) < 4.78 is 66.8. The first kappa shape index (κ1) is 15.8. The van der Waals surface area contributed by atoms with Gasteiger partial charge in [0.15, 0.2) is 0 Å². The van der Waals surface area contributed by atoms with Crippen molar-refractivity contribution in [3.63, 3.8) is 0 Å². The van der Waals surface area contributed by atoms with Crippen LogP contribution in [-0.2, 0) is 4.74 Å². The topological polar surface area (TPSA) is 9.23 Å². The number of benzene rings is 1. The lowest BCUT2D eigenvalue weighted by Crippen LogP contribution is -2.61. The molecule has 0 N–H and O–H groups in total. The third kappa shape index (κ3) is 3.41. The van der Waals surface area contributed by atoms with E-state index in [2.05, 4.69) is 11.3 Å². The second-order valence-corrected chi connectivity index (χ2v) is 8.85. The third-order valence-electron chi connectivity index (χ3n) is 2.83. The van der Waals surface area contributed by atoms with E-state index in [-0.39, 0.29) is 5.19 Å². The average molecular weight is 296 g/mol. The van der Waals surface area contributed by atoms with Crippen LogP contribution in [0.5, 0.6) is 0 Å². The summed E-state index contributed by atoms with van der Waals surface area (Å²) in [6, 6.07) is 6.02. The summed E-state index contributed by atoms with van der Waals surface area (Å²) in [7, 11) is -3.83. The van der Waals surface area contributed by atoms with Crippen molar-refractivity contribution in [3.8, 4) is 0 Å². The molecule has 0 aliphatic carbocycles. The Morgan fingerprint density at radius 3 is 2.11 bits per heavy atom. The molecule has 1 aromatic carbocycles. The minimum absolute atomic E-state index is 0.166. The summed E-state index contributed by atoms with van der Waals surface area (Å²) in [4.78, 5) is 0. The minimum atomic E-state index is -5.38. The van der Waals surface area contributed by atoms with Gasteiger partial charge in [-0.25, -0.2) is 4.74 Å². The average Bonchev–Trinajstić information content (AvgIpc) is 2.25. The van der Waals surface area contributed by atoms with E-state index in [1.54, 1.807) is 6.07 Å². The molecule has 0 spiro atoms. The van der Waals surface area contributed by atoms with Gasteiger partial charge in [0.05, 0.1) is 0 Å². The fourth-order valence-electron chi connectivity index (χ4n) is 1.67. The van der Waals surface area contributed by atoms with Crippen LogP contribution in [0.3, 0.4) is 0 Å². The van der Waals surface area contributed by atoms with Crippen molar-refractivity contribution >= 4 is 19.3 Å². The third-order valence-corrected chi connectivity index (χ3v) is 6.18. The number of hydrogen-bond acceptors (Lipinski definition) is 1. The van der Waals surface area contributed by atoms with Gasteiger partial charge in [-0.05, 0) is 10.8 Å². The smallest absolute Gasteiger partial charge is 0.230 e. The molecular formula is C12H13F5OSi. The Bertz CT molecular complexity index is 467. The molecule has 0 saturated heterocycles. The molecule has 0 unspecified atom stereocenters. The van der Waals surface area contributed by atoms with Gasteiger partial charge in [-0.15, -0.1) is 13.2 Å². The SMILES string of the molecule is C=Cc1ccccc1[Si](C)(C)C(F)(F)OC(F)(F)F. The van der Waals surface area contributed by atoms with Crippen molar-refractivity contribution in [3.05, 3.63) is 36.4 Å². The lowest BCUT2D eigenvalue weighted by molar-refractivity contribution is -0.401. The molecule has 0 amide bonds. The van der Waals surface area contributed by atoms with Crippen molar-refractivity contribution in [2.75, 3.05) is 0 Å². The Morgan fingerprint density at radius 2 is 1.63 bits per heavy atom. The highest BCUT2D eigenvalue weighted by molar-refractivity contribution is 6.91. The maximum atomic E-state index is 13.8. The van der Waals surface area contributed by atoms with Gasteiger partial charge in [-0.2, -0.15) is 8.78 Å². The van der Waals surface area contributed by atoms with E-state index in [0.29, 0.717) is 5.56 Å². The van der Waals surface area contributed by atoms with Crippen LogP contribution < -0.4 is 5.19 Å². The summed E-state index contributed by atoms with van der Waals surface area (Å²) in [5, 5.41) is 0.166. The van der Waals surface area contributed by atoms with Crippen LogP contribution in [0, 0.1) is 0 Å². The van der Waals surface area contributed by atoms with Crippen molar-refractivity contribution in [2.24, 2.45) is 0 Å². The lowest BCUT2D eigenvalue weighted by Gasteiger charge is -2.33. The number of ether oxygens (including phenoxy) is 1. The molecule has 0 saturated carbocycles. The molecule has 0 aromatic heterocycles. The Labute approximate surface area is 108 Å². The molecule has 0 radical (unpaired) electrons. The predicted molar refractivity (Wildman–Crippen MR) is 65.7 cm³/mol. The van der Waals surface area contributed by atoms with Crippen LogP contribution in [-0.4, -0.2) is 20.2 Å². The monoisotopic (exact) mass is 296 g/mol. The highest BCUT2D eigenvalue weighted by atomic mass is 28.3. The summed E-state index contributed by atoms with van der Waals surface area (Å²) in [5.41, 5.74) is -3.87. The summed E-state index contributed by atoms with van der Waals surface area (Å²) in [6.07, 6.45) is -4.04. The van der Waals surface area contributed by atoms with Crippen molar-refractivity contribution in [1.82, 2.24) is 0 Å². The summed E-state index contributed by atoms with van der Waals surface area (Å²) in [5.74, 6) is 0. The molecule has 0 aliphatic rings. The minimum Gasteiger partial charge on any atom is -0.230 e. The van der Waals surface area contributed by atoms with Crippen LogP contribution in [0.4, 0.5) is 22.0 Å².